The van der Waals surface area contributed by atoms with Gasteiger partial charge in [0, 0.05) is 11.8 Å². The molecule has 0 heterocycles. The summed E-state index contributed by atoms with van der Waals surface area (Å²) in [5, 5.41) is 13.4. The highest BCUT2D eigenvalue weighted by molar-refractivity contribution is 5.68. The number of carbonyl (C=O) groups excluding carboxylic acids is 1. The molecule has 0 radical (unpaired) electrons. The molecular weight excluding hydrogens is 272 g/mol. The molecule has 6 nitrogen and oxygen atoms in total. The van der Waals surface area contributed by atoms with Gasteiger partial charge in [-0.15, -0.1) is 0 Å². The first-order chi connectivity index (χ1) is 10.0. The summed E-state index contributed by atoms with van der Waals surface area (Å²) in [7, 11) is 0. The van der Waals surface area contributed by atoms with Crippen molar-refractivity contribution < 1.29 is 14.5 Å². The van der Waals surface area contributed by atoms with Gasteiger partial charge in [-0.05, 0) is 5.56 Å². The smallest absolute Gasteiger partial charge is 0.408 e. The molecule has 2 atom stereocenters. The topological polar surface area (TPSA) is 81.5 Å². The third-order valence-corrected chi connectivity index (χ3v) is 2.76. The predicted octanol–water partition coefficient (Wildman–Crippen LogP) is 2.65. The van der Waals surface area contributed by atoms with Gasteiger partial charge in [0.2, 0.25) is 6.04 Å². The van der Waals surface area contributed by atoms with Crippen LogP contribution in [0, 0.1) is 10.1 Å². The lowest BCUT2D eigenvalue weighted by atomic mass is 10.1. The Morgan fingerprint density at radius 3 is 2.71 bits per heavy atom. The van der Waals surface area contributed by atoms with Crippen LogP contribution < -0.4 is 5.32 Å². The Labute approximate surface area is 123 Å². The molecule has 1 rings (SSSR count). The number of rotatable bonds is 7. The number of amides is 1. The standard InChI is InChI=1S/C15H18N2O4/c1-3-11-21-15(18)16-14(12(2)17(19)20)10-9-13-7-5-4-6-8-13/h3-10,12,14H,1,11H2,2H3,(H,16,18)/b10-9+. The molecule has 0 aliphatic rings. The van der Waals surface area contributed by atoms with Crippen molar-refractivity contribution in [3.63, 3.8) is 0 Å². The molecule has 0 saturated carbocycles. The van der Waals surface area contributed by atoms with E-state index in [0.717, 1.165) is 5.56 Å². The summed E-state index contributed by atoms with van der Waals surface area (Å²) in [6.07, 6.45) is 4.01. The Kier molecular flexibility index (Phi) is 6.67. The number of benzene rings is 1. The number of nitro groups is 1. The average molecular weight is 290 g/mol. The van der Waals surface area contributed by atoms with Gasteiger partial charge >= 0.3 is 6.09 Å². The molecule has 112 valence electrons. The molecule has 6 heteroatoms. The summed E-state index contributed by atoms with van der Waals surface area (Å²) in [5.74, 6) is 0. The number of ether oxygens (including phenoxy) is 1. The molecule has 0 aliphatic heterocycles. The number of carbonyl (C=O) groups is 1. The molecule has 0 bridgehead atoms. The van der Waals surface area contributed by atoms with Crippen molar-refractivity contribution in [1.82, 2.24) is 5.32 Å². The number of hydrogen-bond acceptors (Lipinski definition) is 4. The normalized spacial score (nSPS) is 13.4. The molecule has 1 aromatic carbocycles. The first kappa shape index (κ1) is 16.4. The molecule has 1 N–H and O–H groups in total. The second-order valence-electron chi connectivity index (χ2n) is 4.35. The Hall–Kier alpha value is -2.63. The third-order valence-electron chi connectivity index (χ3n) is 2.76. The summed E-state index contributed by atoms with van der Waals surface area (Å²) in [6, 6.07) is 7.58. The van der Waals surface area contributed by atoms with E-state index in [1.807, 2.05) is 30.3 Å². The van der Waals surface area contributed by atoms with Crippen molar-refractivity contribution in [2.45, 2.75) is 19.0 Å². The van der Waals surface area contributed by atoms with Crippen LogP contribution >= 0.6 is 0 Å². The van der Waals surface area contributed by atoms with E-state index in [1.54, 1.807) is 12.2 Å². The van der Waals surface area contributed by atoms with Crippen LogP contribution in [0.4, 0.5) is 4.79 Å². The van der Waals surface area contributed by atoms with E-state index in [4.69, 9.17) is 4.74 Å². The van der Waals surface area contributed by atoms with Crippen LogP contribution in [0.3, 0.4) is 0 Å². The van der Waals surface area contributed by atoms with Gasteiger partial charge in [-0.3, -0.25) is 10.1 Å². The number of nitrogens with one attached hydrogen (secondary N) is 1. The van der Waals surface area contributed by atoms with E-state index in [0.29, 0.717) is 0 Å². The lowest BCUT2D eigenvalue weighted by Crippen LogP contribution is -2.44. The van der Waals surface area contributed by atoms with Gasteiger partial charge in [-0.2, -0.15) is 0 Å². The van der Waals surface area contributed by atoms with E-state index in [-0.39, 0.29) is 6.61 Å². The molecule has 1 aromatic rings. The minimum Gasteiger partial charge on any atom is -0.445 e. The molecular formula is C15H18N2O4. The van der Waals surface area contributed by atoms with Crippen LogP contribution in [0.2, 0.25) is 0 Å². The maximum Gasteiger partial charge on any atom is 0.408 e. The van der Waals surface area contributed by atoms with Crippen LogP contribution in [-0.2, 0) is 4.74 Å². The molecule has 0 saturated heterocycles. The number of alkyl carbamates (subject to hydrolysis) is 1. The van der Waals surface area contributed by atoms with E-state index < -0.39 is 23.1 Å². The zero-order valence-corrected chi connectivity index (χ0v) is 11.8. The minimum absolute atomic E-state index is 0.0494. The summed E-state index contributed by atoms with van der Waals surface area (Å²) in [5.41, 5.74) is 0.888. The van der Waals surface area contributed by atoms with Crippen LogP contribution in [0.15, 0.2) is 49.1 Å². The molecule has 0 aromatic heterocycles. The van der Waals surface area contributed by atoms with E-state index in [1.165, 1.54) is 13.0 Å². The monoisotopic (exact) mass is 290 g/mol. The Bertz CT molecular complexity index is 514. The second kappa shape index (κ2) is 8.52. The van der Waals surface area contributed by atoms with Crippen LogP contribution in [0.5, 0.6) is 0 Å². The van der Waals surface area contributed by atoms with E-state index in [9.17, 15) is 14.9 Å². The van der Waals surface area contributed by atoms with Gasteiger partial charge in [0.05, 0.1) is 0 Å². The maximum atomic E-state index is 11.5. The van der Waals surface area contributed by atoms with Gasteiger partial charge in [-0.1, -0.05) is 55.1 Å². The Morgan fingerprint density at radius 1 is 1.48 bits per heavy atom. The predicted molar refractivity (Wildman–Crippen MR) is 80.4 cm³/mol. The second-order valence-corrected chi connectivity index (χ2v) is 4.35. The number of hydrogen-bond donors (Lipinski definition) is 1. The summed E-state index contributed by atoms with van der Waals surface area (Å²) in [4.78, 5) is 22.0. The summed E-state index contributed by atoms with van der Waals surface area (Å²) >= 11 is 0. The van der Waals surface area contributed by atoms with Crippen LogP contribution in [-0.4, -0.2) is 29.7 Å². The van der Waals surface area contributed by atoms with Gasteiger partial charge in [0.1, 0.15) is 12.6 Å². The highest BCUT2D eigenvalue weighted by atomic mass is 16.6. The van der Waals surface area contributed by atoms with Gasteiger partial charge < -0.3 is 10.1 Å². The first-order valence-corrected chi connectivity index (χ1v) is 6.45. The van der Waals surface area contributed by atoms with Crippen molar-refractivity contribution in [2.75, 3.05) is 6.61 Å². The van der Waals surface area contributed by atoms with Crippen molar-refractivity contribution >= 4 is 12.2 Å². The molecule has 1 amide bonds. The molecule has 0 spiro atoms. The van der Waals surface area contributed by atoms with Crippen LogP contribution in [0.1, 0.15) is 12.5 Å². The minimum atomic E-state index is -0.971. The fraction of sp³-hybridized carbons (Fsp3) is 0.267. The van der Waals surface area contributed by atoms with Gasteiger partial charge in [0.15, 0.2) is 0 Å². The fourth-order valence-electron chi connectivity index (χ4n) is 1.55. The van der Waals surface area contributed by atoms with E-state index in [2.05, 4.69) is 11.9 Å². The van der Waals surface area contributed by atoms with E-state index >= 15 is 0 Å². The maximum absolute atomic E-state index is 11.5. The largest absolute Gasteiger partial charge is 0.445 e. The van der Waals surface area contributed by atoms with Crippen LogP contribution in [0.25, 0.3) is 6.08 Å². The fourth-order valence-corrected chi connectivity index (χ4v) is 1.55. The highest BCUT2D eigenvalue weighted by Crippen LogP contribution is 2.06. The summed E-state index contributed by atoms with van der Waals surface area (Å²) in [6.45, 7) is 4.90. The average Bonchev–Trinajstić information content (AvgIpc) is 2.49. The lowest BCUT2D eigenvalue weighted by Gasteiger charge is -2.16. The molecule has 0 aliphatic carbocycles. The van der Waals surface area contributed by atoms with Crippen molar-refractivity contribution in [1.29, 1.82) is 0 Å². The van der Waals surface area contributed by atoms with Gasteiger partial charge in [0.25, 0.3) is 0 Å². The van der Waals surface area contributed by atoms with Crippen molar-refractivity contribution in [2.24, 2.45) is 0 Å². The zero-order chi connectivity index (χ0) is 15.7. The zero-order valence-electron chi connectivity index (χ0n) is 11.8. The number of nitrogens with zero attached hydrogens (tertiary/aromatic N) is 1. The lowest BCUT2D eigenvalue weighted by molar-refractivity contribution is -0.520. The molecule has 0 fully saturated rings. The molecule has 2 unspecified atom stereocenters. The van der Waals surface area contributed by atoms with Gasteiger partial charge in [-0.25, -0.2) is 4.79 Å². The SMILES string of the molecule is C=CCOC(=O)NC(/C=C/c1ccccc1)C(C)[N+](=O)[O-]. The Balaban J connectivity index is 2.77. The third kappa shape index (κ3) is 5.90. The van der Waals surface area contributed by atoms with Crippen molar-refractivity contribution in [3.05, 3.63) is 64.7 Å². The quantitative estimate of drug-likeness (QED) is 0.475. The highest BCUT2D eigenvalue weighted by Gasteiger charge is 2.26. The van der Waals surface area contributed by atoms with Crippen molar-refractivity contribution in [3.8, 4) is 0 Å². The Morgan fingerprint density at radius 2 is 2.14 bits per heavy atom. The summed E-state index contributed by atoms with van der Waals surface area (Å²) < 4.78 is 4.78. The first-order valence-electron chi connectivity index (χ1n) is 6.45. The molecule has 21 heavy (non-hydrogen) atoms.